The number of hydrogen-bond donors (Lipinski definition) is 1. The van der Waals surface area contributed by atoms with Gasteiger partial charge in [-0.2, -0.15) is 0 Å². The Balaban J connectivity index is 1.08. The molecular formula is C23H30N8O. The average Bonchev–Trinajstić information content (AvgIpc) is 3.14. The Morgan fingerprint density at radius 3 is 2.47 bits per heavy atom. The average molecular weight is 435 g/mol. The van der Waals surface area contributed by atoms with Gasteiger partial charge in [0.2, 0.25) is 17.8 Å². The highest BCUT2D eigenvalue weighted by Crippen LogP contribution is 2.18. The summed E-state index contributed by atoms with van der Waals surface area (Å²) in [6.07, 6.45) is 5.17. The molecule has 1 aromatic carbocycles. The molecule has 9 nitrogen and oxygen atoms in total. The van der Waals surface area contributed by atoms with Crippen LogP contribution in [0.15, 0.2) is 42.7 Å². The number of piperazine rings is 1. The molecule has 2 aromatic heterocycles. The van der Waals surface area contributed by atoms with Crippen LogP contribution in [-0.4, -0.2) is 94.5 Å². The smallest absolute Gasteiger partial charge is 0.225 e. The van der Waals surface area contributed by atoms with Crippen molar-refractivity contribution in [2.75, 3.05) is 68.7 Å². The first-order chi connectivity index (χ1) is 15.8. The van der Waals surface area contributed by atoms with Gasteiger partial charge in [-0.25, -0.2) is 15.0 Å². The molecule has 1 amide bonds. The van der Waals surface area contributed by atoms with E-state index in [-0.39, 0.29) is 5.91 Å². The number of rotatable bonds is 5. The predicted molar refractivity (Wildman–Crippen MR) is 125 cm³/mol. The Bertz CT molecular complexity index is 998. The number of fused-ring (bicyclic) bond motifs is 1. The number of nitrogens with zero attached hydrogens (tertiary/aromatic N) is 7. The Labute approximate surface area is 188 Å². The van der Waals surface area contributed by atoms with Crippen molar-refractivity contribution >= 4 is 28.8 Å². The van der Waals surface area contributed by atoms with E-state index in [1.165, 1.54) is 0 Å². The molecular weight excluding hydrogens is 404 g/mol. The van der Waals surface area contributed by atoms with E-state index >= 15 is 0 Å². The highest BCUT2D eigenvalue weighted by molar-refractivity contribution is 5.77. The maximum Gasteiger partial charge on any atom is 0.225 e. The van der Waals surface area contributed by atoms with Gasteiger partial charge in [-0.3, -0.25) is 4.79 Å². The van der Waals surface area contributed by atoms with Gasteiger partial charge in [0.15, 0.2) is 0 Å². The van der Waals surface area contributed by atoms with Crippen molar-refractivity contribution in [1.82, 2.24) is 29.7 Å². The quantitative estimate of drug-likeness (QED) is 0.653. The van der Waals surface area contributed by atoms with Crippen LogP contribution in [0.2, 0.25) is 0 Å². The van der Waals surface area contributed by atoms with E-state index < -0.39 is 0 Å². The summed E-state index contributed by atoms with van der Waals surface area (Å²) in [5, 5.41) is 0. The molecule has 0 spiro atoms. The van der Waals surface area contributed by atoms with Crippen molar-refractivity contribution in [1.29, 1.82) is 0 Å². The maximum absolute atomic E-state index is 12.8. The van der Waals surface area contributed by atoms with Crippen molar-refractivity contribution in [3.8, 4) is 0 Å². The molecule has 0 radical (unpaired) electrons. The fraction of sp³-hybridized carbons (Fsp3) is 0.478. The second-order valence-corrected chi connectivity index (χ2v) is 8.43. The minimum absolute atomic E-state index is 0.247. The topological polar surface area (TPSA) is 84.5 Å². The number of anilines is 2. The molecule has 0 atom stereocenters. The third-order valence-electron chi connectivity index (χ3n) is 6.37. The number of aromatic nitrogens is 4. The lowest BCUT2D eigenvalue weighted by molar-refractivity contribution is -0.131. The summed E-state index contributed by atoms with van der Waals surface area (Å²) in [7, 11) is 0. The summed E-state index contributed by atoms with van der Waals surface area (Å²) in [5.41, 5.74) is 2.08. The van der Waals surface area contributed by atoms with Crippen LogP contribution in [-0.2, 0) is 4.79 Å². The summed E-state index contributed by atoms with van der Waals surface area (Å²) in [4.78, 5) is 38.5. The molecule has 5 rings (SSSR count). The Hall–Kier alpha value is -3.20. The van der Waals surface area contributed by atoms with E-state index in [0.717, 1.165) is 88.3 Å². The Morgan fingerprint density at radius 1 is 0.875 bits per heavy atom. The van der Waals surface area contributed by atoms with Crippen LogP contribution in [0, 0.1) is 0 Å². The van der Waals surface area contributed by atoms with Crippen molar-refractivity contribution in [2.24, 2.45) is 0 Å². The number of carbonyl (C=O) groups excluding carboxylic acids is 1. The lowest BCUT2D eigenvalue weighted by Gasteiger charge is -2.35. The molecule has 4 heterocycles. The summed E-state index contributed by atoms with van der Waals surface area (Å²) in [6, 6.07) is 9.97. The normalized spacial score (nSPS) is 18.2. The number of benzene rings is 1. The number of imidazole rings is 1. The van der Waals surface area contributed by atoms with E-state index in [9.17, 15) is 4.79 Å². The van der Waals surface area contributed by atoms with E-state index in [1.54, 1.807) is 12.4 Å². The summed E-state index contributed by atoms with van der Waals surface area (Å²) in [6.45, 7) is 7.71. The van der Waals surface area contributed by atoms with E-state index in [4.69, 9.17) is 4.98 Å². The van der Waals surface area contributed by atoms with Crippen LogP contribution in [0.5, 0.6) is 0 Å². The van der Waals surface area contributed by atoms with Gasteiger partial charge in [0.25, 0.3) is 0 Å². The first-order valence-electron chi connectivity index (χ1n) is 11.5. The van der Waals surface area contributed by atoms with Crippen LogP contribution in [0.3, 0.4) is 0 Å². The van der Waals surface area contributed by atoms with Gasteiger partial charge >= 0.3 is 0 Å². The molecule has 1 N–H and O–H groups in total. The number of para-hydroxylation sites is 2. The molecule has 168 valence electrons. The second kappa shape index (κ2) is 9.52. The lowest BCUT2D eigenvalue weighted by atomic mass is 10.2. The van der Waals surface area contributed by atoms with Gasteiger partial charge in [-0.1, -0.05) is 12.1 Å². The molecule has 0 bridgehead atoms. The van der Waals surface area contributed by atoms with Crippen molar-refractivity contribution in [3.63, 3.8) is 0 Å². The molecule has 2 fully saturated rings. The SMILES string of the molecule is O=C(CCN1CCCN(c2nc3ccccc3[nH]2)CC1)N1CCN(c2ncccn2)CC1. The van der Waals surface area contributed by atoms with Gasteiger partial charge in [-0.15, -0.1) is 0 Å². The molecule has 0 saturated carbocycles. The monoisotopic (exact) mass is 434 g/mol. The molecule has 9 heteroatoms. The molecule has 2 saturated heterocycles. The second-order valence-electron chi connectivity index (χ2n) is 8.43. The number of H-pyrrole nitrogens is 1. The standard InChI is InChI=1S/C23H30N8O/c32-21(29-15-17-31(18-16-29)22-24-8-3-9-25-22)7-12-28-10-4-11-30(14-13-28)23-26-19-5-1-2-6-20(19)27-23/h1-3,5-6,8-9H,4,7,10-18H2,(H,26,27). The summed E-state index contributed by atoms with van der Waals surface area (Å²) >= 11 is 0. The van der Waals surface area contributed by atoms with Crippen molar-refractivity contribution in [2.45, 2.75) is 12.8 Å². The minimum Gasteiger partial charge on any atom is -0.341 e. The fourth-order valence-corrected chi connectivity index (χ4v) is 4.52. The molecule has 0 unspecified atom stereocenters. The van der Waals surface area contributed by atoms with Gasteiger partial charge in [0, 0.05) is 71.2 Å². The van der Waals surface area contributed by atoms with E-state index in [2.05, 4.69) is 35.7 Å². The molecule has 3 aromatic rings. The van der Waals surface area contributed by atoms with Crippen LogP contribution >= 0.6 is 0 Å². The first-order valence-corrected chi connectivity index (χ1v) is 11.5. The fourth-order valence-electron chi connectivity index (χ4n) is 4.52. The Morgan fingerprint density at radius 2 is 1.66 bits per heavy atom. The highest BCUT2D eigenvalue weighted by Gasteiger charge is 2.23. The van der Waals surface area contributed by atoms with Gasteiger partial charge in [0.05, 0.1) is 11.0 Å². The number of aromatic amines is 1. The minimum atomic E-state index is 0.247. The summed E-state index contributed by atoms with van der Waals surface area (Å²) < 4.78 is 0. The molecule has 32 heavy (non-hydrogen) atoms. The van der Waals surface area contributed by atoms with Crippen molar-refractivity contribution < 1.29 is 4.79 Å². The third kappa shape index (κ3) is 4.67. The zero-order chi connectivity index (χ0) is 21.8. The largest absolute Gasteiger partial charge is 0.341 e. The number of amides is 1. The van der Waals surface area contributed by atoms with Gasteiger partial charge in [-0.05, 0) is 31.2 Å². The zero-order valence-corrected chi connectivity index (χ0v) is 18.4. The van der Waals surface area contributed by atoms with E-state index in [1.807, 2.05) is 29.2 Å². The number of hydrogen-bond acceptors (Lipinski definition) is 7. The highest BCUT2D eigenvalue weighted by atomic mass is 16.2. The Kier molecular flexibility index (Phi) is 6.15. The predicted octanol–water partition coefficient (Wildman–Crippen LogP) is 1.60. The molecule has 0 aliphatic carbocycles. The molecule has 2 aliphatic rings. The maximum atomic E-state index is 12.8. The van der Waals surface area contributed by atoms with Crippen LogP contribution in [0.1, 0.15) is 12.8 Å². The van der Waals surface area contributed by atoms with Crippen LogP contribution < -0.4 is 9.80 Å². The zero-order valence-electron chi connectivity index (χ0n) is 18.4. The third-order valence-corrected chi connectivity index (χ3v) is 6.37. The summed E-state index contributed by atoms with van der Waals surface area (Å²) in [5.74, 6) is 1.94. The number of carbonyl (C=O) groups is 1. The number of nitrogens with one attached hydrogen (secondary N) is 1. The van der Waals surface area contributed by atoms with E-state index in [0.29, 0.717) is 6.42 Å². The molecule has 2 aliphatic heterocycles. The van der Waals surface area contributed by atoms with Gasteiger partial charge in [0.1, 0.15) is 0 Å². The lowest BCUT2D eigenvalue weighted by Crippen LogP contribution is -2.49. The first kappa shape index (κ1) is 20.7. The van der Waals surface area contributed by atoms with Crippen molar-refractivity contribution in [3.05, 3.63) is 42.7 Å². The van der Waals surface area contributed by atoms with Crippen LogP contribution in [0.25, 0.3) is 11.0 Å². The van der Waals surface area contributed by atoms with Crippen LogP contribution in [0.4, 0.5) is 11.9 Å². The van der Waals surface area contributed by atoms with Gasteiger partial charge < -0.3 is 24.6 Å².